The first-order chi connectivity index (χ1) is 6.79. The molecule has 0 amide bonds. The first kappa shape index (κ1) is 9.52. The fraction of sp³-hybridized carbons (Fsp3) is 0.700. The summed E-state index contributed by atoms with van der Waals surface area (Å²) in [4.78, 5) is 0. The fourth-order valence-electron chi connectivity index (χ4n) is 1.66. The third kappa shape index (κ3) is 2.26. The topological polar surface area (TPSA) is 39.1 Å². The first-order valence-electron chi connectivity index (χ1n) is 5.04. The van der Waals surface area contributed by atoms with Crippen molar-refractivity contribution in [1.29, 1.82) is 0 Å². The number of hydrogen-bond donors (Lipinski definition) is 1. The zero-order chi connectivity index (χ0) is 9.97. The molecule has 0 saturated heterocycles. The zero-order valence-corrected chi connectivity index (χ0v) is 8.73. The van der Waals surface area contributed by atoms with Gasteiger partial charge in [0.2, 0.25) is 0 Å². The maximum Gasteiger partial charge on any atom is 0.148 e. The lowest BCUT2D eigenvalue weighted by Gasteiger charge is -2.16. The lowest BCUT2D eigenvalue weighted by atomic mass is 10.2. The van der Waals surface area contributed by atoms with E-state index >= 15 is 0 Å². The summed E-state index contributed by atoms with van der Waals surface area (Å²) in [5.74, 6) is 1.72. The average molecular weight is 195 g/mol. The Labute approximate surface area is 84.3 Å². The maximum absolute atomic E-state index is 5.19. The SMILES string of the molecule is COCC(Nc1ccn(C)n1)C1CC1. The number of nitrogens with one attached hydrogen (secondary N) is 1. The van der Waals surface area contributed by atoms with Crippen molar-refractivity contribution >= 4 is 5.82 Å². The molecular formula is C10H17N3O. The third-order valence-corrected chi connectivity index (χ3v) is 2.58. The molecule has 0 radical (unpaired) electrons. The summed E-state index contributed by atoms with van der Waals surface area (Å²) < 4.78 is 6.99. The fourth-order valence-corrected chi connectivity index (χ4v) is 1.66. The van der Waals surface area contributed by atoms with Crippen molar-refractivity contribution in [2.24, 2.45) is 13.0 Å². The number of aromatic nitrogens is 2. The summed E-state index contributed by atoms with van der Waals surface area (Å²) in [7, 11) is 3.67. The highest BCUT2D eigenvalue weighted by atomic mass is 16.5. The van der Waals surface area contributed by atoms with Gasteiger partial charge in [-0.1, -0.05) is 0 Å². The van der Waals surface area contributed by atoms with Gasteiger partial charge in [-0.2, -0.15) is 5.10 Å². The van der Waals surface area contributed by atoms with E-state index in [1.807, 2.05) is 19.3 Å². The first-order valence-corrected chi connectivity index (χ1v) is 5.04. The Morgan fingerprint density at radius 1 is 1.71 bits per heavy atom. The van der Waals surface area contributed by atoms with Crippen LogP contribution in [0, 0.1) is 5.92 Å². The number of aryl methyl sites for hydroxylation is 1. The van der Waals surface area contributed by atoms with Crippen LogP contribution >= 0.6 is 0 Å². The molecule has 0 aliphatic heterocycles. The number of nitrogens with zero attached hydrogens (tertiary/aromatic N) is 2. The Morgan fingerprint density at radius 2 is 2.50 bits per heavy atom. The molecule has 1 atom stereocenters. The van der Waals surface area contributed by atoms with Crippen LogP contribution in [0.1, 0.15) is 12.8 Å². The van der Waals surface area contributed by atoms with Crippen LogP contribution in [0.25, 0.3) is 0 Å². The number of methoxy groups -OCH3 is 1. The van der Waals surface area contributed by atoms with Crippen molar-refractivity contribution in [3.05, 3.63) is 12.3 Å². The summed E-state index contributed by atoms with van der Waals surface area (Å²) in [6, 6.07) is 2.42. The van der Waals surface area contributed by atoms with Gasteiger partial charge in [0.1, 0.15) is 5.82 Å². The van der Waals surface area contributed by atoms with Crippen molar-refractivity contribution in [3.8, 4) is 0 Å². The Bertz CT molecular complexity index is 293. The maximum atomic E-state index is 5.19. The van der Waals surface area contributed by atoms with E-state index < -0.39 is 0 Å². The number of hydrogen-bond acceptors (Lipinski definition) is 3. The van der Waals surface area contributed by atoms with Crippen LogP contribution in [-0.2, 0) is 11.8 Å². The van der Waals surface area contributed by atoms with Gasteiger partial charge < -0.3 is 10.1 Å². The van der Waals surface area contributed by atoms with Crippen LogP contribution in [-0.4, -0.2) is 29.5 Å². The van der Waals surface area contributed by atoms with Crippen LogP contribution in [0.2, 0.25) is 0 Å². The molecule has 1 aromatic rings. The van der Waals surface area contributed by atoms with E-state index in [0.717, 1.165) is 18.3 Å². The van der Waals surface area contributed by atoms with Gasteiger partial charge in [0.25, 0.3) is 0 Å². The normalized spacial score (nSPS) is 18.1. The van der Waals surface area contributed by atoms with Gasteiger partial charge in [-0.05, 0) is 18.8 Å². The Morgan fingerprint density at radius 3 is 3.00 bits per heavy atom. The van der Waals surface area contributed by atoms with Crippen LogP contribution in [0.4, 0.5) is 5.82 Å². The van der Waals surface area contributed by atoms with E-state index in [2.05, 4.69) is 10.4 Å². The van der Waals surface area contributed by atoms with Crippen molar-refractivity contribution in [3.63, 3.8) is 0 Å². The Hall–Kier alpha value is -1.03. The molecule has 78 valence electrons. The highest BCUT2D eigenvalue weighted by Crippen LogP contribution is 2.34. The van der Waals surface area contributed by atoms with E-state index in [1.54, 1.807) is 11.8 Å². The quantitative estimate of drug-likeness (QED) is 0.768. The minimum absolute atomic E-state index is 0.426. The smallest absolute Gasteiger partial charge is 0.148 e. The van der Waals surface area contributed by atoms with E-state index in [4.69, 9.17) is 4.74 Å². The van der Waals surface area contributed by atoms with Crippen molar-refractivity contribution in [2.75, 3.05) is 19.0 Å². The van der Waals surface area contributed by atoms with Gasteiger partial charge in [-0.25, -0.2) is 0 Å². The summed E-state index contributed by atoms with van der Waals surface area (Å²) in [5, 5.41) is 7.70. The van der Waals surface area contributed by atoms with Gasteiger partial charge in [0.15, 0.2) is 0 Å². The molecule has 1 unspecified atom stereocenters. The minimum atomic E-state index is 0.426. The number of ether oxygens (including phenoxy) is 1. The largest absolute Gasteiger partial charge is 0.383 e. The standard InChI is InChI=1S/C10H17N3O/c1-13-6-5-10(12-13)11-9(7-14-2)8-3-4-8/h5-6,8-9H,3-4,7H2,1-2H3,(H,11,12). The highest BCUT2D eigenvalue weighted by molar-refractivity contribution is 5.34. The molecule has 0 spiro atoms. The van der Waals surface area contributed by atoms with Crippen LogP contribution < -0.4 is 5.32 Å². The van der Waals surface area contributed by atoms with E-state index in [1.165, 1.54) is 12.8 Å². The third-order valence-electron chi connectivity index (χ3n) is 2.58. The average Bonchev–Trinajstić information content (AvgIpc) is 2.91. The second kappa shape index (κ2) is 4.00. The molecule has 1 aliphatic rings. The summed E-state index contributed by atoms with van der Waals surface area (Å²) >= 11 is 0. The van der Waals surface area contributed by atoms with Gasteiger partial charge in [-0.15, -0.1) is 0 Å². The summed E-state index contributed by atoms with van der Waals surface area (Å²) in [5.41, 5.74) is 0. The molecule has 1 heterocycles. The second-order valence-electron chi connectivity index (χ2n) is 3.92. The molecule has 4 heteroatoms. The lowest BCUT2D eigenvalue weighted by molar-refractivity contribution is 0.179. The van der Waals surface area contributed by atoms with Crippen molar-refractivity contribution in [2.45, 2.75) is 18.9 Å². The van der Waals surface area contributed by atoms with Gasteiger partial charge in [0.05, 0.1) is 12.6 Å². The molecule has 2 rings (SSSR count). The van der Waals surface area contributed by atoms with Gasteiger partial charge >= 0.3 is 0 Å². The van der Waals surface area contributed by atoms with Gasteiger partial charge in [-0.3, -0.25) is 4.68 Å². The molecule has 0 aromatic carbocycles. The molecule has 1 aliphatic carbocycles. The van der Waals surface area contributed by atoms with Crippen LogP contribution in [0.15, 0.2) is 12.3 Å². The number of anilines is 1. The monoisotopic (exact) mass is 195 g/mol. The molecule has 4 nitrogen and oxygen atoms in total. The van der Waals surface area contributed by atoms with Crippen LogP contribution in [0.3, 0.4) is 0 Å². The predicted molar refractivity (Wildman–Crippen MR) is 55.2 cm³/mol. The number of rotatable bonds is 5. The van der Waals surface area contributed by atoms with E-state index in [0.29, 0.717) is 6.04 Å². The molecule has 1 saturated carbocycles. The van der Waals surface area contributed by atoms with Crippen molar-refractivity contribution in [1.82, 2.24) is 9.78 Å². The van der Waals surface area contributed by atoms with Crippen molar-refractivity contribution < 1.29 is 4.74 Å². The molecular weight excluding hydrogens is 178 g/mol. The molecule has 1 N–H and O–H groups in total. The predicted octanol–water partition coefficient (Wildman–Crippen LogP) is 1.26. The van der Waals surface area contributed by atoms with E-state index in [9.17, 15) is 0 Å². The lowest BCUT2D eigenvalue weighted by Crippen LogP contribution is -2.27. The summed E-state index contributed by atoms with van der Waals surface area (Å²) in [6.45, 7) is 0.765. The molecule has 1 fully saturated rings. The molecule has 14 heavy (non-hydrogen) atoms. The minimum Gasteiger partial charge on any atom is -0.383 e. The van der Waals surface area contributed by atoms with Gasteiger partial charge in [0, 0.05) is 26.4 Å². The molecule has 1 aromatic heterocycles. The second-order valence-corrected chi connectivity index (χ2v) is 3.92. The Kier molecular flexibility index (Phi) is 2.72. The summed E-state index contributed by atoms with van der Waals surface area (Å²) in [6.07, 6.45) is 4.57. The zero-order valence-electron chi connectivity index (χ0n) is 8.73. The van der Waals surface area contributed by atoms with E-state index in [-0.39, 0.29) is 0 Å². The highest BCUT2D eigenvalue weighted by Gasteiger charge is 2.31. The molecule has 0 bridgehead atoms. The van der Waals surface area contributed by atoms with Crippen LogP contribution in [0.5, 0.6) is 0 Å². The Balaban J connectivity index is 1.92.